The van der Waals surface area contributed by atoms with Crippen molar-refractivity contribution in [2.45, 2.75) is 20.8 Å². The fourth-order valence-corrected chi connectivity index (χ4v) is 1.36. The largest absolute Gasteiger partial charge is 0.398 e. The molecule has 0 fully saturated rings. The molecule has 16 heavy (non-hydrogen) atoms. The van der Waals surface area contributed by atoms with Gasteiger partial charge in [0.2, 0.25) is 0 Å². The van der Waals surface area contributed by atoms with Gasteiger partial charge in [0.15, 0.2) is 0 Å². The summed E-state index contributed by atoms with van der Waals surface area (Å²) in [4.78, 5) is 0. The van der Waals surface area contributed by atoms with E-state index in [1.165, 1.54) is 5.56 Å². The van der Waals surface area contributed by atoms with Crippen molar-refractivity contribution in [1.82, 2.24) is 0 Å². The van der Waals surface area contributed by atoms with Crippen LogP contribution in [0.15, 0.2) is 48.5 Å². The predicted octanol–water partition coefficient (Wildman–Crippen LogP) is 3.88. The number of nitrogen functional groups attached to an aromatic ring is 1. The van der Waals surface area contributed by atoms with Crippen molar-refractivity contribution < 1.29 is 0 Å². The molecule has 84 valence electrons. The Kier molecular flexibility index (Phi) is 4.59. The molecule has 0 radical (unpaired) electrons. The molecular formula is C15H19N. The van der Waals surface area contributed by atoms with Gasteiger partial charge in [-0.2, -0.15) is 0 Å². The second-order valence-corrected chi connectivity index (χ2v) is 3.96. The van der Waals surface area contributed by atoms with Crippen LogP contribution < -0.4 is 5.73 Å². The molecule has 0 aliphatic heterocycles. The average Bonchev–Trinajstić information content (AvgIpc) is 2.28. The Morgan fingerprint density at radius 3 is 1.50 bits per heavy atom. The quantitative estimate of drug-likeness (QED) is 0.660. The van der Waals surface area contributed by atoms with Crippen LogP contribution in [0.4, 0.5) is 5.69 Å². The third-order valence-electron chi connectivity index (χ3n) is 2.48. The van der Waals surface area contributed by atoms with Gasteiger partial charge in [-0.25, -0.2) is 0 Å². The zero-order chi connectivity index (χ0) is 12.0. The van der Waals surface area contributed by atoms with Crippen LogP contribution in [0.2, 0.25) is 0 Å². The SMILES string of the molecule is Cc1cccc(C)c1N.Cc1ccccc1. The van der Waals surface area contributed by atoms with Gasteiger partial charge in [0.25, 0.3) is 0 Å². The standard InChI is InChI=1S/C8H11N.C7H8/c1-6-4-3-5-7(2)8(6)9;1-7-5-3-2-4-6-7/h3-5H,9H2,1-2H3;2-6H,1H3. The molecule has 0 aliphatic carbocycles. The zero-order valence-corrected chi connectivity index (χ0v) is 10.2. The van der Waals surface area contributed by atoms with Gasteiger partial charge in [0, 0.05) is 5.69 Å². The predicted molar refractivity (Wildman–Crippen MR) is 71.5 cm³/mol. The second-order valence-electron chi connectivity index (χ2n) is 3.96. The number of benzene rings is 2. The Bertz CT molecular complexity index is 412. The summed E-state index contributed by atoms with van der Waals surface area (Å²) >= 11 is 0. The highest BCUT2D eigenvalue weighted by Gasteiger charge is 1.92. The highest BCUT2D eigenvalue weighted by molar-refractivity contribution is 5.52. The highest BCUT2D eigenvalue weighted by Crippen LogP contribution is 2.13. The van der Waals surface area contributed by atoms with Gasteiger partial charge in [0.05, 0.1) is 0 Å². The summed E-state index contributed by atoms with van der Waals surface area (Å²) < 4.78 is 0. The third-order valence-corrected chi connectivity index (χ3v) is 2.48. The van der Waals surface area contributed by atoms with Crippen LogP contribution in [-0.4, -0.2) is 0 Å². The van der Waals surface area contributed by atoms with E-state index in [1.807, 2.05) is 50.2 Å². The van der Waals surface area contributed by atoms with Crippen molar-refractivity contribution in [3.05, 3.63) is 65.2 Å². The lowest BCUT2D eigenvalue weighted by molar-refractivity contribution is 1.39. The van der Waals surface area contributed by atoms with Crippen molar-refractivity contribution >= 4 is 5.69 Å². The normalized spacial score (nSPS) is 9.19. The summed E-state index contributed by atoms with van der Waals surface area (Å²) in [6, 6.07) is 16.3. The van der Waals surface area contributed by atoms with Gasteiger partial charge in [0.1, 0.15) is 0 Å². The minimum atomic E-state index is 0.914. The van der Waals surface area contributed by atoms with Crippen LogP contribution >= 0.6 is 0 Å². The molecule has 2 aromatic carbocycles. The number of anilines is 1. The molecule has 0 aromatic heterocycles. The van der Waals surface area contributed by atoms with E-state index in [2.05, 4.69) is 19.1 Å². The first-order valence-electron chi connectivity index (χ1n) is 5.44. The van der Waals surface area contributed by atoms with E-state index in [4.69, 9.17) is 5.73 Å². The van der Waals surface area contributed by atoms with E-state index >= 15 is 0 Å². The van der Waals surface area contributed by atoms with E-state index in [-0.39, 0.29) is 0 Å². The topological polar surface area (TPSA) is 26.0 Å². The number of nitrogens with two attached hydrogens (primary N) is 1. The average molecular weight is 213 g/mol. The van der Waals surface area contributed by atoms with E-state index in [0.29, 0.717) is 0 Å². The monoisotopic (exact) mass is 213 g/mol. The number of para-hydroxylation sites is 1. The summed E-state index contributed by atoms with van der Waals surface area (Å²) in [5.41, 5.74) is 10.2. The first-order chi connectivity index (χ1) is 7.61. The van der Waals surface area contributed by atoms with E-state index in [1.54, 1.807) is 0 Å². The summed E-state index contributed by atoms with van der Waals surface area (Å²) in [6.45, 7) is 6.12. The van der Waals surface area contributed by atoms with Gasteiger partial charge in [-0.05, 0) is 31.9 Å². The molecular weight excluding hydrogens is 194 g/mol. The number of rotatable bonds is 0. The Morgan fingerprint density at radius 1 is 0.688 bits per heavy atom. The molecule has 0 unspecified atom stereocenters. The molecule has 2 rings (SSSR count). The Morgan fingerprint density at radius 2 is 1.19 bits per heavy atom. The maximum atomic E-state index is 5.68. The molecule has 2 aromatic rings. The molecule has 0 saturated carbocycles. The smallest absolute Gasteiger partial charge is 0.0373 e. The molecule has 0 bridgehead atoms. The van der Waals surface area contributed by atoms with Gasteiger partial charge in [-0.1, -0.05) is 54.1 Å². The Labute approximate surface area is 97.9 Å². The van der Waals surface area contributed by atoms with Gasteiger partial charge in [-0.3, -0.25) is 0 Å². The zero-order valence-electron chi connectivity index (χ0n) is 10.2. The summed E-state index contributed by atoms with van der Waals surface area (Å²) in [7, 11) is 0. The first-order valence-corrected chi connectivity index (χ1v) is 5.44. The maximum Gasteiger partial charge on any atom is 0.0373 e. The van der Waals surface area contributed by atoms with Crippen LogP contribution in [-0.2, 0) is 0 Å². The van der Waals surface area contributed by atoms with Crippen molar-refractivity contribution in [2.24, 2.45) is 0 Å². The highest BCUT2D eigenvalue weighted by atomic mass is 14.6. The minimum Gasteiger partial charge on any atom is -0.398 e. The minimum absolute atomic E-state index is 0.914. The molecule has 0 atom stereocenters. The molecule has 0 heterocycles. The number of hydrogen-bond acceptors (Lipinski definition) is 1. The number of aryl methyl sites for hydroxylation is 3. The van der Waals surface area contributed by atoms with Gasteiger partial charge < -0.3 is 5.73 Å². The third kappa shape index (κ3) is 3.77. The van der Waals surface area contributed by atoms with Gasteiger partial charge in [-0.15, -0.1) is 0 Å². The lowest BCUT2D eigenvalue weighted by Crippen LogP contribution is -1.91. The summed E-state index contributed by atoms with van der Waals surface area (Å²) in [5.74, 6) is 0. The van der Waals surface area contributed by atoms with E-state index in [0.717, 1.165) is 16.8 Å². The Balaban J connectivity index is 0.000000165. The van der Waals surface area contributed by atoms with E-state index in [9.17, 15) is 0 Å². The molecule has 1 nitrogen and oxygen atoms in total. The van der Waals surface area contributed by atoms with Crippen molar-refractivity contribution in [3.63, 3.8) is 0 Å². The molecule has 2 N–H and O–H groups in total. The molecule has 0 aliphatic rings. The second kappa shape index (κ2) is 5.96. The summed E-state index contributed by atoms with van der Waals surface area (Å²) in [5, 5.41) is 0. The van der Waals surface area contributed by atoms with E-state index < -0.39 is 0 Å². The fraction of sp³-hybridized carbons (Fsp3) is 0.200. The number of hydrogen-bond donors (Lipinski definition) is 1. The van der Waals surface area contributed by atoms with Crippen LogP contribution in [0.1, 0.15) is 16.7 Å². The van der Waals surface area contributed by atoms with Crippen LogP contribution in [0.3, 0.4) is 0 Å². The maximum absolute atomic E-state index is 5.68. The molecule has 1 heteroatoms. The molecule has 0 spiro atoms. The van der Waals surface area contributed by atoms with Crippen LogP contribution in [0.25, 0.3) is 0 Å². The van der Waals surface area contributed by atoms with Crippen LogP contribution in [0, 0.1) is 20.8 Å². The lowest BCUT2D eigenvalue weighted by atomic mass is 10.1. The summed E-state index contributed by atoms with van der Waals surface area (Å²) in [6.07, 6.45) is 0. The lowest BCUT2D eigenvalue weighted by Gasteiger charge is -2.00. The first kappa shape index (κ1) is 12.3. The van der Waals surface area contributed by atoms with Crippen molar-refractivity contribution in [1.29, 1.82) is 0 Å². The molecule has 0 saturated heterocycles. The van der Waals surface area contributed by atoms with Crippen molar-refractivity contribution in [2.75, 3.05) is 5.73 Å². The fourth-order valence-electron chi connectivity index (χ4n) is 1.36. The van der Waals surface area contributed by atoms with Crippen molar-refractivity contribution in [3.8, 4) is 0 Å². The Hall–Kier alpha value is -1.76. The van der Waals surface area contributed by atoms with Crippen LogP contribution in [0.5, 0.6) is 0 Å². The molecule has 0 amide bonds. The van der Waals surface area contributed by atoms with Gasteiger partial charge >= 0.3 is 0 Å².